The molecule has 1 N–H and O–H groups in total. The molecule has 2 saturated heterocycles. The minimum atomic E-state index is -0.658. The lowest BCUT2D eigenvalue weighted by molar-refractivity contribution is -0.153. The van der Waals surface area contributed by atoms with Crippen LogP contribution >= 0.6 is 23.2 Å². The molecule has 1 aromatic rings. The zero-order chi connectivity index (χ0) is 18.3. The van der Waals surface area contributed by atoms with E-state index in [1.54, 1.807) is 28.0 Å². The van der Waals surface area contributed by atoms with Crippen LogP contribution in [0.2, 0.25) is 10.0 Å². The molecule has 0 unspecified atom stereocenters. The number of benzene rings is 1. The van der Waals surface area contributed by atoms with Crippen molar-refractivity contribution in [1.82, 2.24) is 15.1 Å². The summed E-state index contributed by atoms with van der Waals surface area (Å²) < 4.78 is 0. The first kappa shape index (κ1) is 18.0. The molecule has 0 saturated carbocycles. The highest BCUT2D eigenvalue weighted by atomic mass is 35.5. The van der Waals surface area contributed by atoms with E-state index in [9.17, 15) is 14.4 Å². The number of nitrogens with one attached hydrogen (secondary N) is 1. The first-order valence-corrected chi connectivity index (χ1v) is 8.89. The zero-order valence-electron chi connectivity index (χ0n) is 14.0. The maximum absolute atomic E-state index is 12.7. The quantitative estimate of drug-likeness (QED) is 0.846. The normalized spacial score (nSPS) is 23.6. The van der Waals surface area contributed by atoms with Gasteiger partial charge in [0.15, 0.2) is 0 Å². The van der Waals surface area contributed by atoms with Crippen LogP contribution < -0.4 is 5.32 Å². The summed E-state index contributed by atoms with van der Waals surface area (Å²) in [7, 11) is 0. The van der Waals surface area contributed by atoms with Gasteiger partial charge >= 0.3 is 0 Å². The molecule has 6 nitrogen and oxygen atoms in total. The van der Waals surface area contributed by atoms with Gasteiger partial charge in [-0.05, 0) is 24.1 Å². The van der Waals surface area contributed by atoms with Gasteiger partial charge in [0, 0.05) is 28.7 Å². The van der Waals surface area contributed by atoms with Crippen molar-refractivity contribution >= 4 is 40.9 Å². The third-order valence-electron chi connectivity index (χ3n) is 4.59. The highest BCUT2D eigenvalue weighted by Crippen LogP contribution is 2.23. The Morgan fingerprint density at radius 3 is 2.40 bits per heavy atom. The van der Waals surface area contributed by atoms with Gasteiger partial charge in [-0.15, -0.1) is 0 Å². The van der Waals surface area contributed by atoms with Gasteiger partial charge in [-0.3, -0.25) is 14.4 Å². The number of hydrogen-bond acceptors (Lipinski definition) is 3. The molecular weight excluding hydrogens is 365 g/mol. The van der Waals surface area contributed by atoms with Gasteiger partial charge in [-0.1, -0.05) is 37.0 Å². The second-order valence-electron chi connectivity index (χ2n) is 6.69. The second kappa shape index (κ2) is 6.84. The van der Waals surface area contributed by atoms with Crippen molar-refractivity contribution < 1.29 is 14.4 Å². The lowest BCUT2D eigenvalue weighted by Gasteiger charge is -2.46. The fraction of sp³-hybridized carbons (Fsp3) is 0.471. The van der Waals surface area contributed by atoms with Crippen LogP contribution in [0.4, 0.5) is 0 Å². The fourth-order valence-electron chi connectivity index (χ4n) is 3.26. The van der Waals surface area contributed by atoms with Crippen LogP contribution in [0.5, 0.6) is 0 Å². The van der Waals surface area contributed by atoms with Crippen molar-refractivity contribution in [2.45, 2.75) is 25.9 Å². The van der Waals surface area contributed by atoms with E-state index in [0.29, 0.717) is 28.7 Å². The van der Waals surface area contributed by atoms with E-state index < -0.39 is 12.1 Å². The maximum Gasteiger partial charge on any atom is 0.254 e. The topological polar surface area (TPSA) is 69.7 Å². The molecule has 0 radical (unpaired) electrons. The molecule has 2 aliphatic rings. The van der Waals surface area contributed by atoms with Crippen molar-refractivity contribution in [1.29, 1.82) is 0 Å². The molecule has 1 aromatic carbocycles. The molecule has 2 aliphatic heterocycles. The van der Waals surface area contributed by atoms with Crippen LogP contribution in [0.25, 0.3) is 0 Å². The summed E-state index contributed by atoms with van der Waals surface area (Å²) in [6, 6.07) is 3.48. The van der Waals surface area contributed by atoms with Gasteiger partial charge in [0.2, 0.25) is 11.8 Å². The van der Waals surface area contributed by atoms with Crippen LogP contribution in [-0.2, 0) is 9.59 Å². The smallest absolute Gasteiger partial charge is 0.254 e. The number of nitrogens with zero attached hydrogens (tertiary/aromatic N) is 2. The van der Waals surface area contributed by atoms with Crippen LogP contribution in [0.1, 0.15) is 24.2 Å². The van der Waals surface area contributed by atoms with Crippen molar-refractivity contribution in [3.05, 3.63) is 33.8 Å². The summed E-state index contributed by atoms with van der Waals surface area (Å²) in [5, 5.41) is 3.52. The van der Waals surface area contributed by atoms with Crippen molar-refractivity contribution in [2.75, 3.05) is 19.6 Å². The van der Waals surface area contributed by atoms with Gasteiger partial charge in [0.25, 0.3) is 5.91 Å². The van der Waals surface area contributed by atoms with E-state index in [4.69, 9.17) is 23.2 Å². The van der Waals surface area contributed by atoms with E-state index in [-0.39, 0.29) is 30.2 Å². The molecule has 134 valence electrons. The van der Waals surface area contributed by atoms with E-state index >= 15 is 0 Å². The highest BCUT2D eigenvalue weighted by molar-refractivity contribution is 6.35. The number of halogens is 2. The second-order valence-corrected chi connectivity index (χ2v) is 7.56. The summed E-state index contributed by atoms with van der Waals surface area (Å²) >= 11 is 11.9. The van der Waals surface area contributed by atoms with Crippen molar-refractivity contribution in [2.24, 2.45) is 5.92 Å². The standard InChI is InChI=1S/C17H19Cl2N3O3/c1-9(2)14-17(25)22-4-3-21(8-13(22)15(23)20-14)16(24)10-5-11(18)7-12(19)6-10/h5-7,9,13-14H,3-4,8H2,1-2H3,(H,20,23)/t13-,14+/m1/s1. The van der Waals surface area contributed by atoms with E-state index in [0.717, 1.165) is 0 Å². The molecule has 0 aliphatic carbocycles. The minimum Gasteiger partial charge on any atom is -0.342 e. The monoisotopic (exact) mass is 383 g/mol. The van der Waals surface area contributed by atoms with Crippen molar-refractivity contribution in [3.63, 3.8) is 0 Å². The van der Waals surface area contributed by atoms with Crippen LogP contribution in [-0.4, -0.2) is 59.2 Å². The maximum atomic E-state index is 12.7. The molecule has 0 spiro atoms. The molecule has 3 rings (SSSR count). The van der Waals surface area contributed by atoms with Gasteiger partial charge in [0.1, 0.15) is 12.1 Å². The van der Waals surface area contributed by atoms with E-state index in [2.05, 4.69) is 5.32 Å². The average Bonchev–Trinajstić information content (AvgIpc) is 2.55. The molecule has 2 fully saturated rings. The lowest BCUT2D eigenvalue weighted by atomic mass is 9.96. The Labute approximate surface area is 156 Å². The summed E-state index contributed by atoms with van der Waals surface area (Å²) in [5.41, 5.74) is 0.369. The van der Waals surface area contributed by atoms with Crippen LogP contribution in [0.3, 0.4) is 0 Å². The fourth-order valence-corrected chi connectivity index (χ4v) is 3.78. The predicted octanol–water partition coefficient (Wildman–Crippen LogP) is 1.80. The number of fused-ring (bicyclic) bond motifs is 1. The Hall–Kier alpha value is -1.79. The molecule has 2 atom stereocenters. The van der Waals surface area contributed by atoms with Crippen LogP contribution in [0, 0.1) is 5.92 Å². The number of rotatable bonds is 2. The first-order chi connectivity index (χ1) is 11.8. The third-order valence-corrected chi connectivity index (χ3v) is 5.03. The van der Waals surface area contributed by atoms with Crippen LogP contribution in [0.15, 0.2) is 18.2 Å². The SMILES string of the molecule is CC(C)[C@@H]1NC(=O)[C@H]2CN(C(=O)c3cc(Cl)cc(Cl)c3)CCN2C1=O. The first-order valence-electron chi connectivity index (χ1n) is 8.14. The molecule has 25 heavy (non-hydrogen) atoms. The Bertz CT molecular complexity index is 718. The number of carbonyl (C=O) groups excluding carboxylic acids is 3. The Morgan fingerprint density at radius 1 is 1.16 bits per heavy atom. The average molecular weight is 384 g/mol. The lowest BCUT2D eigenvalue weighted by Crippen LogP contribution is -2.70. The van der Waals surface area contributed by atoms with Gasteiger partial charge in [-0.2, -0.15) is 0 Å². The number of amides is 3. The van der Waals surface area contributed by atoms with Gasteiger partial charge in [-0.25, -0.2) is 0 Å². The summed E-state index contributed by atoms with van der Waals surface area (Å²) in [6.07, 6.45) is 0. The van der Waals surface area contributed by atoms with E-state index in [1.165, 1.54) is 0 Å². The number of hydrogen-bond donors (Lipinski definition) is 1. The Balaban J connectivity index is 1.78. The molecule has 8 heteroatoms. The summed E-state index contributed by atoms with van der Waals surface area (Å²) in [4.78, 5) is 40.8. The minimum absolute atomic E-state index is 0.0191. The predicted molar refractivity (Wildman–Crippen MR) is 94.6 cm³/mol. The molecule has 0 aromatic heterocycles. The highest BCUT2D eigenvalue weighted by Gasteiger charge is 2.45. The van der Waals surface area contributed by atoms with Crippen molar-refractivity contribution in [3.8, 4) is 0 Å². The van der Waals surface area contributed by atoms with Gasteiger partial charge < -0.3 is 15.1 Å². The third kappa shape index (κ3) is 3.46. The Kier molecular flexibility index (Phi) is 4.93. The summed E-state index contributed by atoms with van der Waals surface area (Å²) in [5.74, 6) is -0.543. The summed E-state index contributed by atoms with van der Waals surface area (Å²) in [6.45, 7) is 4.65. The largest absolute Gasteiger partial charge is 0.342 e. The van der Waals surface area contributed by atoms with Gasteiger partial charge in [0.05, 0.1) is 6.54 Å². The molecule has 0 bridgehead atoms. The zero-order valence-corrected chi connectivity index (χ0v) is 15.5. The van der Waals surface area contributed by atoms with E-state index in [1.807, 2.05) is 13.8 Å². The molecule has 2 heterocycles. The molecular formula is C17H19Cl2N3O3. The number of carbonyl (C=O) groups is 3. The number of piperazine rings is 2. The molecule has 3 amide bonds. The Morgan fingerprint density at radius 2 is 1.80 bits per heavy atom.